The van der Waals surface area contributed by atoms with Gasteiger partial charge in [0.15, 0.2) is 5.11 Å². The third kappa shape index (κ3) is 5.74. The molecule has 0 aliphatic heterocycles. The first kappa shape index (κ1) is 23.9. The molecule has 1 aromatic heterocycles. The molecule has 32 heavy (non-hydrogen) atoms. The van der Waals surface area contributed by atoms with Crippen LogP contribution in [-0.2, 0) is 4.74 Å². The summed E-state index contributed by atoms with van der Waals surface area (Å²) in [7, 11) is 3.19. The van der Waals surface area contributed by atoms with E-state index < -0.39 is 5.91 Å². The Hall–Kier alpha value is -2.72. The van der Waals surface area contributed by atoms with E-state index in [0.717, 1.165) is 10.1 Å². The maximum Gasteiger partial charge on any atom is 0.269 e. The summed E-state index contributed by atoms with van der Waals surface area (Å²) in [6, 6.07) is 12.3. The van der Waals surface area contributed by atoms with Crippen LogP contribution >= 0.6 is 35.2 Å². The van der Waals surface area contributed by atoms with Gasteiger partial charge < -0.3 is 20.1 Å². The number of ether oxygens (including phenoxy) is 2. The maximum absolute atomic E-state index is 12.8. The Morgan fingerprint density at radius 3 is 2.66 bits per heavy atom. The van der Waals surface area contributed by atoms with Gasteiger partial charge in [0.2, 0.25) is 0 Å². The standard InChI is InChI=1S/C22H22ClN3O4S2/c1-29-11-5-10-24-20(27)14-6-3-4-7-16(14)25-22(31)26-21(28)19-18(23)15-9-8-13(30-2)12-17(15)32-19/h3-4,6-9,12H,5,10-11H2,1-2H3,(H,24,27)(H2,25,26,28,31). The molecule has 2 amide bonds. The van der Waals surface area contributed by atoms with Crippen LogP contribution in [0.1, 0.15) is 26.5 Å². The van der Waals surface area contributed by atoms with Crippen molar-refractivity contribution >= 4 is 67.9 Å². The molecular formula is C22H22ClN3O4S2. The Kier molecular flexibility index (Phi) is 8.40. The molecule has 0 aliphatic carbocycles. The quantitative estimate of drug-likeness (QED) is 0.318. The van der Waals surface area contributed by atoms with Crippen LogP contribution in [0.15, 0.2) is 42.5 Å². The Morgan fingerprint density at radius 2 is 1.91 bits per heavy atom. The van der Waals surface area contributed by atoms with Crippen LogP contribution in [-0.4, -0.2) is 44.3 Å². The van der Waals surface area contributed by atoms with Gasteiger partial charge in [-0.15, -0.1) is 11.3 Å². The summed E-state index contributed by atoms with van der Waals surface area (Å²) in [6.07, 6.45) is 0.702. The van der Waals surface area contributed by atoms with Crippen LogP contribution in [0.3, 0.4) is 0 Å². The van der Waals surface area contributed by atoms with Crippen molar-refractivity contribution in [3.63, 3.8) is 0 Å². The van der Waals surface area contributed by atoms with Gasteiger partial charge in [-0.05, 0) is 49.0 Å². The molecule has 0 atom stereocenters. The molecule has 10 heteroatoms. The highest BCUT2D eigenvalue weighted by atomic mass is 35.5. The fourth-order valence-corrected chi connectivity index (χ4v) is 4.58. The summed E-state index contributed by atoms with van der Waals surface area (Å²) in [6.45, 7) is 1.04. The molecule has 0 bridgehead atoms. The number of nitrogens with one attached hydrogen (secondary N) is 3. The first-order valence-corrected chi connectivity index (χ1v) is 11.3. The summed E-state index contributed by atoms with van der Waals surface area (Å²) in [5.74, 6) is -0.00865. The number of fused-ring (bicyclic) bond motifs is 1. The zero-order valence-corrected chi connectivity index (χ0v) is 19.9. The molecule has 0 saturated carbocycles. The van der Waals surface area contributed by atoms with Gasteiger partial charge in [-0.1, -0.05) is 23.7 Å². The number of rotatable bonds is 8. The van der Waals surface area contributed by atoms with Crippen molar-refractivity contribution in [3.8, 4) is 5.75 Å². The van der Waals surface area contributed by atoms with E-state index in [1.807, 2.05) is 12.1 Å². The Morgan fingerprint density at radius 1 is 1.12 bits per heavy atom. The van der Waals surface area contributed by atoms with Gasteiger partial charge in [0.05, 0.1) is 23.4 Å². The number of anilines is 1. The van der Waals surface area contributed by atoms with E-state index in [0.29, 0.717) is 46.5 Å². The topological polar surface area (TPSA) is 88.7 Å². The van der Waals surface area contributed by atoms with Gasteiger partial charge in [-0.2, -0.15) is 0 Å². The fourth-order valence-electron chi connectivity index (χ4n) is 2.94. The van der Waals surface area contributed by atoms with E-state index in [1.54, 1.807) is 44.6 Å². The average molecular weight is 492 g/mol. The molecule has 3 N–H and O–H groups in total. The zero-order valence-electron chi connectivity index (χ0n) is 17.5. The van der Waals surface area contributed by atoms with E-state index in [2.05, 4.69) is 16.0 Å². The number of carbonyl (C=O) groups excluding carboxylic acids is 2. The highest BCUT2D eigenvalue weighted by Gasteiger charge is 2.19. The number of methoxy groups -OCH3 is 2. The molecule has 0 aliphatic rings. The molecular weight excluding hydrogens is 470 g/mol. The lowest BCUT2D eigenvalue weighted by molar-refractivity contribution is 0.0948. The predicted octanol–water partition coefficient (Wildman–Crippen LogP) is 4.46. The summed E-state index contributed by atoms with van der Waals surface area (Å²) in [5.41, 5.74) is 0.891. The first-order chi connectivity index (χ1) is 15.4. The fraction of sp³-hybridized carbons (Fsp3) is 0.227. The number of amides is 2. The van der Waals surface area contributed by atoms with Crippen LogP contribution in [0.4, 0.5) is 5.69 Å². The van der Waals surface area contributed by atoms with Gasteiger partial charge >= 0.3 is 0 Å². The van der Waals surface area contributed by atoms with Crippen LogP contribution in [0.5, 0.6) is 5.75 Å². The van der Waals surface area contributed by atoms with Crippen LogP contribution < -0.4 is 20.7 Å². The molecule has 0 fully saturated rings. The van der Waals surface area contributed by atoms with E-state index in [1.165, 1.54) is 11.3 Å². The summed E-state index contributed by atoms with van der Waals surface area (Å²) >= 11 is 13.0. The van der Waals surface area contributed by atoms with E-state index in [9.17, 15) is 9.59 Å². The highest BCUT2D eigenvalue weighted by Crippen LogP contribution is 2.37. The van der Waals surface area contributed by atoms with Crippen molar-refractivity contribution in [2.75, 3.05) is 32.7 Å². The van der Waals surface area contributed by atoms with Crippen molar-refractivity contribution in [1.29, 1.82) is 0 Å². The molecule has 168 valence electrons. The lowest BCUT2D eigenvalue weighted by Crippen LogP contribution is -2.34. The monoisotopic (exact) mass is 491 g/mol. The lowest BCUT2D eigenvalue weighted by atomic mass is 10.1. The molecule has 2 aromatic carbocycles. The van der Waals surface area contributed by atoms with Gasteiger partial charge in [0.25, 0.3) is 11.8 Å². The number of thiophene rings is 1. The molecule has 0 radical (unpaired) electrons. The minimum atomic E-state index is -0.436. The molecule has 0 unspecified atom stereocenters. The van der Waals surface area contributed by atoms with Crippen LogP contribution in [0.2, 0.25) is 5.02 Å². The second-order valence-corrected chi connectivity index (χ2v) is 8.50. The SMILES string of the molecule is COCCCNC(=O)c1ccccc1NC(=S)NC(=O)c1sc2cc(OC)ccc2c1Cl. The van der Waals surface area contributed by atoms with E-state index in [4.69, 9.17) is 33.3 Å². The number of hydrogen-bond acceptors (Lipinski definition) is 6. The maximum atomic E-state index is 12.8. The summed E-state index contributed by atoms with van der Waals surface area (Å²) < 4.78 is 11.0. The van der Waals surface area contributed by atoms with Gasteiger partial charge in [-0.3, -0.25) is 14.9 Å². The second-order valence-electron chi connectivity index (χ2n) is 6.66. The zero-order chi connectivity index (χ0) is 23.1. The normalized spacial score (nSPS) is 10.6. The Balaban J connectivity index is 1.68. The van der Waals surface area contributed by atoms with E-state index >= 15 is 0 Å². The minimum absolute atomic E-state index is 0.0562. The van der Waals surface area contributed by atoms with Crippen molar-refractivity contribution in [3.05, 3.63) is 57.9 Å². The van der Waals surface area contributed by atoms with Gasteiger partial charge in [0, 0.05) is 30.3 Å². The number of halogens is 1. The summed E-state index contributed by atoms with van der Waals surface area (Å²) in [5, 5.41) is 9.55. The third-order valence-corrected chi connectivity index (χ3v) is 6.36. The Labute approximate surface area is 200 Å². The largest absolute Gasteiger partial charge is 0.497 e. The molecule has 1 heterocycles. The number of benzene rings is 2. The predicted molar refractivity (Wildman–Crippen MR) is 132 cm³/mol. The van der Waals surface area contributed by atoms with Crippen molar-refractivity contribution < 1.29 is 19.1 Å². The van der Waals surface area contributed by atoms with Gasteiger partial charge in [0.1, 0.15) is 10.6 Å². The van der Waals surface area contributed by atoms with Crippen LogP contribution in [0, 0.1) is 0 Å². The summed E-state index contributed by atoms with van der Waals surface area (Å²) in [4.78, 5) is 25.6. The van der Waals surface area contributed by atoms with Crippen LogP contribution in [0.25, 0.3) is 10.1 Å². The molecule has 7 nitrogen and oxygen atoms in total. The van der Waals surface area contributed by atoms with Crippen molar-refractivity contribution in [1.82, 2.24) is 10.6 Å². The molecule has 3 aromatic rings. The van der Waals surface area contributed by atoms with Crippen molar-refractivity contribution in [2.24, 2.45) is 0 Å². The third-order valence-electron chi connectivity index (χ3n) is 4.50. The smallest absolute Gasteiger partial charge is 0.269 e. The first-order valence-electron chi connectivity index (χ1n) is 9.69. The number of thiocarbonyl (C=S) groups is 1. The highest BCUT2D eigenvalue weighted by molar-refractivity contribution is 7.80. The average Bonchev–Trinajstić information content (AvgIpc) is 3.12. The minimum Gasteiger partial charge on any atom is -0.497 e. The number of hydrogen-bond donors (Lipinski definition) is 3. The number of para-hydroxylation sites is 1. The molecule has 0 saturated heterocycles. The molecule has 0 spiro atoms. The van der Waals surface area contributed by atoms with E-state index in [-0.39, 0.29) is 11.0 Å². The Bertz CT molecular complexity index is 1150. The number of carbonyl (C=O) groups is 2. The lowest BCUT2D eigenvalue weighted by Gasteiger charge is -2.13. The van der Waals surface area contributed by atoms with Crippen molar-refractivity contribution in [2.45, 2.75) is 6.42 Å². The molecule has 3 rings (SSSR count). The second kappa shape index (κ2) is 11.2. The van der Waals surface area contributed by atoms with Gasteiger partial charge in [-0.25, -0.2) is 0 Å².